The zero-order valence-corrected chi connectivity index (χ0v) is 17.4. The van der Waals surface area contributed by atoms with Gasteiger partial charge in [0.25, 0.3) is 5.91 Å². The maximum atomic E-state index is 12.6. The van der Waals surface area contributed by atoms with Crippen LogP contribution >= 0.6 is 11.3 Å². The number of alkyl halides is 2. The van der Waals surface area contributed by atoms with Crippen molar-refractivity contribution in [2.75, 3.05) is 5.32 Å². The average molecular weight is 439 g/mol. The molecule has 0 unspecified atom stereocenters. The van der Waals surface area contributed by atoms with Crippen LogP contribution in [0.15, 0.2) is 72.1 Å². The van der Waals surface area contributed by atoms with E-state index in [1.165, 1.54) is 17.4 Å². The fourth-order valence-corrected chi connectivity index (χ4v) is 3.91. The average Bonchev–Trinajstić information content (AvgIpc) is 3.23. The Morgan fingerprint density at radius 2 is 1.84 bits per heavy atom. The summed E-state index contributed by atoms with van der Waals surface area (Å²) in [4.78, 5) is 13.1. The topological polar surface area (TPSA) is 47.6 Å². The maximum absolute atomic E-state index is 12.6. The summed E-state index contributed by atoms with van der Waals surface area (Å²) >= 11 is 1.26. The lowest BCUT2D eigenvalue weighted by Crippen LogP contribution is -2.13. The molecule has 1 aromatic heterocycles. The van der Waals surface area contributed by atoms with Gasteiger partial charge in [-0.3, -0.25) is 4.79 Å². The largest absolute Gasteiger partial charge is 0.489 e. The zero-order chi connectivity index (χ0) is 21.8. The molecule has 4 rings (SSSR count). The predicted octanol–water partition coefficient (Wildman–Crippen LogP) is 6.64. The fourth-order valence-electron chi connectivity index (χ4n) is 3.12. The SMILES string of the molecule is Cc1ccc(OC(F)F)c(NC(=O)c2cc(COc3ccc4ccccc4c3)cs2)c1. The fraction of sp³-hybridized carbons (Fsp3) is 0.125. The number of fused-ring (bicyclic) bond motifs is 1. The molecule has 7 heteroatoms. The lowest BCUT2D eigenvalue weighted by Gasteiger charge is -2.12. The standard InChI is InChI=1S/C24H19F2NO3S/c1-15-6-9-21(30-24(25)26)20(10-15)27-23(28)22-11-16(14-31-22)13-29-19-8-7-17-4-2-3-5-18(17)12-19/h2-12,14,24H,13H2,1H3,(H,27,28). The van der Waals surface area contributed by atoms with Crippen LogP contribution in [0.4, 0.5) is 14.5 Å². The molecule has 0 saturated heterocycles. The van der Waals surface area contributed by atoms with Crippen molar-refractivity contribution >= 4 is 33.7 Å². The van der Waals surface area contributed by atoms with Crippen LogP contribution in [0, 0.1) is 6.92 Å². The molecule has 0 atom stereocenters. The molecule has 0 saturated carbocycles. The van der Waals surface area contributed by atoms with Gasteiger partial charge in [-0.2, -0.15) is 8.78 Å². The number of nitrogens with one attached hydrogen (secondary N) is 1. The molecule has 3 aromatic carbocycles. The second kappa shape index (κ2) is 9.14. The Bertz CT molecular complexity index is 1220. The molecule has 4 aromatic rings. The maximum Gasteiger partial charge on any atom is 0.387 e. The lowest BCUT2D eigenvalue weighted by molar-refractivity contribution is -0.0493. The summed E-state index contributed by atoms with van der Waals surface area (Å²) in [5.74, 6) is 0.265. The quantitative estimate of drug-likeness (QED) is 0.351. The Morgan fingerprint density at radius 1 is 1.03 bits per heavy atom. The van der Waals surface area contributed by atoms with E-state index in [0.717, 1.165) is 27.6 Å². The van der Waals surface area contributed by atoms with Gasteiger partial charge in [-0.1, -0.05) is 36.4 Å². The van der Waals surface area contributed by atoms with E-state index >= 15 is 0 Å². The number of carbonyl (C=O) groups excluding carboxylic acids is 1. The highest BCUT2D eigenvalue weighted by atomic mass is 32.1. The Labute approximate surface area is 182 Å². The van der Waals surface area contributed by atoms with Crippen molar-refractivity contribution in [1.29, 1.82) is 0 Å². The minimum Gasteiger partial charge on any atom is -0.489 e. The summed E-state index contributed by atoms with van der Waals surface area (Å²) in [6, 6.07) is 20.3. The van der Waals surface area contributed by atoms with Gasteiger partial charge < -0.3 is 14.8 Å². The van der Waals surface area contributed by atoms with Crippen molar-refractivity contribution in [2.24, 2.45) is 0 Å². The highest BCUT2D eigenvalue weighted by Gasteiger charge is 2.15. The van der Waals surface area contributed by atoms with E-state index in [-0.39, 0.29) is 11.4 Å². The summed E-state index contributed by atoms with van der Waals surface area (Å²) in [6.07, 6.45) is 0. The van der Waals surface area contributed by atoms with Crippen LogP contribution in [0.3, 0.4) is 0 Å². The number of hydrogen-bond donors (Lipinski definition) is 1. The number of aryl methyl sites for hydroxylation is 1. The second-order valence-electron chi connectivity index (χ2n) is 6.95. The van der Waals surface area contributed by atoms with Gasteiger partial charge in [0, 0.05) is 5.56 Å². The molecule has 0 aliphatic rings. The van der Waals surface area contributed by atoms with Crippen LogP contribution in [-0.2, 0) is 6.61 Å². The molecule has 4 nitrogen and oxygen atoms in total. The number of rotatable bonds is 7. The molecule has 0 bridgehead atoms. The number of amides is 1. The van der Waals surface area contributed by atoms with Gasteiger partial charge in [-0.15, -0.1) is 11.3 Å². The highest BCUT2D eigenvalue weighted by Crippen LogP contribution is 2.29. The first kappa shape index (κ1) is 20.8. The van der Waals surface area contributed by atoms with Crippen molar-refractivity contribution in [2.45, 2.75) is 20.1 Å². The number of benzene rings is 3. The number of hydrogen-bond acceptors (Lipinski definition) is 4. The summed E-state index contributed by atoms with van der Waals surface area (Å²) in [7, 11) is 0. The molecule has 158 valence electrons. The van der Waals surface area contributed by atoms with E-state index in [9.17, 15) is 13.6 Å². The Morgan fingerprint density at radius 3 is 2.65 bits per heavy atom. The van der Waals surface area contributed by atoms with Gasteiger partial charge >= 0.3 is 6.61 Å². The summed E-state index contributed by atoms with van der Waals surface area (Å²) in [5, 5.41) is 6.71. The third-order valence-corrected chi connectivity index (χ3v) is 5.58. The molecule has 0 radical (unpaired) electrons. The smallest absolute Gasteiger partial charge is 0.387 e. The number of ether oxygens (including phenoxy) is 2. The van der Waals surface area contributed by atoms with Crippen molar-refractivity contribution < 1.29 is 23.0 Å². The van der Waals surface area contributed by atoms with Crippen LogP contribution < -0.4 is 14.8 Å². The first-order valence-corrected chi connectivity index (χ1v) is 10.4. The number of halogens is 2. The molecule has 0 aliphatic carbocycles. The van der Waals surface area contributed by atoms with Crippen LogP contribution in [0.1, 0.15) is 20.8 Å². The molecule has 1 heterocycles. The van der Waals surface area contributed by atoms with Gasteiger partial charge in [0.05, 0.1) is 10.6 Å². The molecule has 1 amide bonds. The Kier molecular flexibility index (Phi) is 6.13. The van der Waals surface area contributed by atoms with Gasteiger partial charge in [-0.25, -0.2) is 0 Å². The van der Waals surface area contributed by atoms with Gasteiger partial charge in [0.15, 0.2) is 0 Å². The Balaban J connectivity index is 1.42. The minimum atomic E-state index is -2.97. The van der Waals surface area contributed by atoms with Crippen molar-refractivity contribution in [1.82, 2.24) is 0 Å². The normalized spacial score (nSPS) is 11.0. The van der Waals surface area contributed by atoms with Crippen molar-refractivity contribution in [3.8, 4) is 11.5 Å². The minimum absolute atomic E-state index is 0.0784. The van der Waals surface area contributed by atoms with E-state index < -0.39 is 12.5 Å². The molecular weight excluding hydrogens is 420 g/mol. The lowest BCUT2D eigenvalue weighted by atomic mass is 10.1. The molecule has 1 N–H and O–H groups in total. The number of anilines is 1. The third-order valence-electron chi connectivity index (χ3n) is 4.60. The second-order valence-corrected chi connectivity index (χ2v) is 7.86. The molecular formula is C24H19F2NO3S. The monoisotopic (exact) mass is 439 g/mol. The molecule has 0 spiro atoms. The van der Waals surface area contributed by atoms with E-state index in [4.69, 9.17) is 4.74 Å². The van der Waals surface area contributed by atoms with Gasteiger partial charge in [0.2, 0.25) is 0 Å². The van der Waals surface area contributed by atoms with E-state index in [0.29, 0.717) is 11.5 Å². The van der Waals surface area contributed by atoms with Gasteiger partial charge in [0.1, 0.15) is 18.1 Å². The van der Waals surface area contributed by atoms with Gasteiger partial charge in [-0.05, 0) is 59.0 Å². The molecule has 31 heavy (non-hydrogen) atoms. The van der Waals surface area contributed by atoms with Crippen LogP contribution in [0.2, 0.25) is 0 Å². The molecule has 0 aliphatic heterocycles. The van der Waals surface area contributed by atoms with Crippen molar-refractivity contribution in [3.63, 3.8) is 0 Å². The number of carbonyl (C=O) groups is 1. The highest BCUT2D eigenvalue weighted by molar-refractivity contribution is 7.12. The number of thiophene rings is 1. The summed E-state index contributed by atoms with van der Waals surface area (Å²) < 4.78 is 35.6. The first-order chi connectivity index (χ1) is 15.0. The van der Waals surface area contributed by atoms with E-state index in [2.05, 4.69) is 10.1 Å². The third kappa shape index (κ3) is 5.19. The zero-order valence-electron chi connectivity index (χ0n) is 16.6. The van der Waals surface area contributed by atoms with Crippen molar-refractivity contribution in [3.05, 3.63) is 88.1 Å². The summed E-state index contributed by atoms with van der Waals surface area (Å²) in [5.41, 5.74) is 1.86. The van der Waals surface area contributed by atoms with E-state index in [1.54, 1.807) is 25.1 Å². The van der Waals surface area contributed by atoms with E-state index in [1.807, 2.05) is 47.8 Å². The first-order valence-electron chi connectivity index (χ1n) is 9.54. The van der Waals surface area contributed by atoms with Crippen LogP contribution in [0.5, 0.6) is 11.5 Å². The Hall–Kier alpha value is -3.45. The summed E-state index contributed by atoms with van der Waals surface area (Å²) in [6.45, 7) is -0.861. The predicted molar refractivity (Wildman–Crippen MR) is 118 cm³/mol. The van der Waals surface area contributed by atoms with Crippen LogP contribution in [-0.4, -0.2) is 12.5 Å². The molecule has 0 fully saturated rings. The van der Waals surface area contributed by atoms with Crippen LogP contribution in [0.25, 0.3) is 10.8 Å².